The molecule has 1 aromatic carbocycles. The van der Waals surface area contributed by atoms with Crippen molar-refractivity contribution in [3.63, 3.8) is 0 Å². The van der Waals surface area contributed by atoms with Crippen LogP contribution in [0.2, 0.25) is 0 Å². The lowest BCUT2D eigenvalue weighted by Gasteiger charge is -2.44. The van der Waals surface area contributed by atoms with Gasteiger partial charge < -0.3 is 15.0 Å². The lowest BCUT2D eigenvalue weighted by molar-refractivity contribution is -0.144. The number of carbonyl (C=O) groups is 2. The maximum Gasteiger partial charge on any atom is 0.244 e. The van der Waals surface area contributed by atoms with Gasteiger partial charge in [0.05, 0.1) is 12.2 Å². The molecule has 6 heteroatoms. The third-order valence-corrected chi connectivity index (χ3v) is 7.26. The molecule has 29 heavy (non-hydrogen) atoms. The zero-order chi connectivity index (χ0) is 20.4. The number of hydrogen-bond acceptors (Lipinski definition) is 4. The van der Waals surface area contributed by atoms with E-state index in [2.05, 4.69) is 35.6 Å². The highest BCUT2D eigenvalue weighted by Gasteiger charge is 2.43. The van der Waals surface area contributed by atoms with Crippen molar-refractivity contribution in [3.8, 4) is 10.4 Å². The Morgan fingerprint density at radius 3 is 2.66 bits per heavy atom. The molecule has 1 spiro atoms. The number of hydrogen-bond donors (Lipinski definition) is 1. The molecule has 0 aliphatic carbocycles. The highest BCUT2D eigenvalue weighted by molar-refractivity contribution is 7.15. The van der Waals surface area contributed by atoms with Crippen LogP contribution in [0.3, 0.4) is 0 Å². The average Bonchev–Trinajstić information content (AvgIpc) is 3.20. The SMILES string of the molecule is CCC(=O)NC(C)C(=O)N1CCC2(CC1)OCCc1sc(-c3ccccc3)cc12. The molecule has 1 unspecified atom stereocenters. The fourth-order valence-corrected chi connectivity index (χ4v) is 5.58. The zero-order valence-corrected chi connectivity index (χ0v) is 17.9. The van der Waals surface area contributed by atoms with Gasteiger partial charge in [-0.2, -0.15) is 0 Å². The molecule has 3 heterocycles. The molecule has 1 saturated heterocycles. The van der Waals surface area contributed by atoms with Crippen LogP contribution in [0.25, 0.3) is 10.4 Å². The Balaban J connectivity index is 1.49. The van der Waals surface area contributed by atoms with E-state index < -0.39 is 6.04 Å². The van der Waals surface area contributed by atoms with E-state index in [4.69, 9.17) is 4.74 Å². The number of nitrogens with zero attached hydrogens (tertiary/aromatic N) is 1. The maximum absolute atomic E-state index is 12.7. The predicted octanol–water partition coefficient (Wildman–Crippen LogP) is 3.72. The number of amides is 2. The number of fused-ring (bicyclic) bond motifs is 2. The second-order valence-corrected chi connectivity index (χ2v) is 9.01. The van der Waals surface area contributed by atoms with Gasteiger partial charge in [0.2, 0.25) is 11.8 Å². The van der Waals surface area contributed by atoms with Crippen molar-refractivity contribution < 1.29 is 14.3 Å². The average molecular weight is 413 g/mol. The quantitative estimate of drug-likeness (QED) is 0.833. The molecule has 2 amide bonds. The largest absolute Gasteiger partial charge is 0.370 e. The van der Waals surface area contributed by atoms with Crippen LogP contribution in [0, 0.1) is 0 Å². The Morgan fingerprint density at radius 2 is 1.97 bits per heavy atom. The molecule has 0 saturated carbocycles. The summed E-state index contributed by atoms with van der Waals surface area (Å²) in [6, 6.07) is 12.3. The molecular formula is C23H28N2O3S. The van der Waals surface area contributed by atoms with Crippen LogP contribution in [-0.4, -0.2) is 42.5 Å². The maximum atomic E-state index is 12.7. The molecular weight excluding hydrogens is 384 g/mol. The minimum absolute atomic E-state index is 0.00650. The first-order valence-electron chi connectivity index (χ1n) is 10.4. The van der Waals surface area contributed by atoms with E-state index in [-0.39, 0.29) is 17.4 Å². The van der Waals surface area contributed by atoms with Gasteiger partial charge in [0.25, 0.3) is 0 Å². The van der Waals surface area contributed by atoms with Gasteiger partial charge in [-0.15, -0.1) is 11.3 Å². The number of piperidine rings is 1. The van der Waals surface area contributed by atoms with Crippen molar-refractivity contribution in [3.05, 3.63) is 46.8 Å². The predicted molar refractivity (Wildman–Crippen MR) is 115 cm³/mol. The molecule has 2 aliphatic rings. The minimum Gasteiger partial charge on any atom is -0.370 e. The Hall–Kier alpha value is -2.18. The van der Waals surface area contributed by atoms with Gasteiger partial charge in [-0.1, -0.05) is 37.3 Å². The number of ether oxygens (including phenoxy) is 1. The van der Waals surface area contributed by atoms with Gasteiger partial charge in [0, 0.05) is 35.7 Å². The van der Waals surface area contributed by atoms with Gasteiger partial charge in [0.15, 0.2) is 0 Å². The zero-order valence-electron chi connectivity index (χ0n) is 17.1. The van der Waals surface area contributed by atoms with Gasteiger partial charge in [-0.3, -0.25) is 9.59 Å². The van der Waals surface area contributed by atoms with Crippen molar-refractivity contribution >= 4 is 23.2 Å². The summed E-state index contributed by atoms with van der Waals surface area (Å²) in [6.07, 6.45) is 2.94. The van der Waals surface area contributed by atoms with E-state index >= 15 is 0 Å². The molecule has 1 fully saturated rings. The van der Waals surface area contributed by atoms with E-state index in [1.165, 1.54) is 20.9 Å². The summed E-state index contributed by atoms with van der Waals surface area (Å²) in [4.78, 5) is 28.9. The lowest BCUT2D eigenvalue weighted by atomic mass is 9.82. The van der Waals surface area contributed by atoms with Crippen molar-refractivity contribution in [1.82, 2.24) is 10.2 Å². The molecule has 4 rings (SSSR count). The number of likely N-dealkylation sites (tertiary alicyclic amines) is 1. The summed E-state index contributed by atoms with van der Waals surface area (Å²) >= 11 is 1.87. The number of nitrogens with one attached hydrogen (secondary N) is 1. The van der Waals surface area contributed by atoms with E-state index in [1.807, 2.05) is 22.3 Å². The third kappa shape index (κ3) is 3.96. The molecule has 2 aliphatic heterocycles. The first-order chi connectivity index (χ1) is 14.0. The van der Waals surface area contributed by atoms with E-state index in [9.17, 15) is 9.59 Å². The Morgan fingerprint density at radius 1 is 1.24 bits per heavy atom. The van der Waals surface area contributed by atoms with E-state index in [0.29, 0.717) is 19.5 Å². The number of thiophene rings is 1. The molecule has 1 aromatic heterocycles. The van der Waals surface area contributed by atoms with Crippen LogP contribution in [-0.2, 0) is 26.3 Å². The molecule has 0 bridgehead atoms. The van der Waals surface area contributed by atoms with Crippen LogP contribution in [0.15, 0.2) is 36.4 Å². The van der Waals surface area contributed by atoms with Crippen molar-refractivity contribution in [2.75, 3.05) is 19.7 Å². The summed E-state index contributed by atoms with van der Waals surface area (Å²) in [6.45, 7) is 5.60. The highest BCUT2D eigenvalue weighted by Crippen LogP contribution is 2.46. The summed E-state index contributed by atoms with van der Waals surface area (Å²) in [5, 5.41) is 2.78. The first-order valence-corrected chi connectivity index (χ1v) is 11.2. The summed E-state index contributed by atoms with van der Waals surface area (Å²) in [7, 11) is 0. The smallest absolute Gasteiger partial charge is 0.244 e. The topological polar surface area (TPSA) is 58.6 Å². The van der Waals surface area contributed by atoms with Crippen molar-refractivity contribution in [2.24, 2.45) is 0 Å². The van der Waals surface area contributed by atoms with Crippen LogP contribution in [0.1, 0.15) is 43.6 Å². The number of rotatable bonds is 4. The summed E-state index contributed by atoms with van der Waals surface area (Å²) < 4.78 is 6.35. The Kier molecular flexibility index (Phi) is 5.74. The second-order valence-electron chi connectivity index (χ2n) is 7.87. The number of benzene rings is 1. The minimum atomic E-state index is -0.481. The third-order valence-electron chi connectivity index (χ3n) is 6.02. The Bertz CT molecular complexity index is 885. The fraction of sp³-hybridized carbons (Fsp3) is 0.478. The normalized spacial score (nSPS) is 18.9. The summed E-state index contributed by atoms with van der Waals surface area (Å²) in [5.74, 6) is -0.0979. The van der Waals surface area contributed by atoms with E-state index in [0.717, 1.165) is 25.9 Å². The molecule has 154 valence electrons. The van der Waals surface area contributed by atoms with Crippen LogP contribution in [0.4, 0.5) is 0 Å². The van der Waals surface area contributed by atoms with Crippen LogP contribution >= 0.6 is 11.3 Å². The van der Waals surface area contributed by atoms with Gasteiger partial charge in [-0.05, 0) is 37.0 Å². The lowest BCUT2D eigenvalue weighted by Crippen LogP contribution is -2.53. The number of carbonyl (C=O) groups excluding carboxylic acids is 2. The monoisotopic (exact) mass is 412 g/mol. The highest BCUT2D eigenvalue weighted by atomic mass is 32.1. The molecule has 5 nitrogen and oxygen atoms in total. The van der Waals surface area contributed by atoms with Gasteiger partial charge >= 0.3 is 0 Å². The van der Waals surface area contributed by atoms with Crippen molar-refractivity contribution in [2.45, 2.75) is 51.2 Å². The van der Waals surface area contributed by atoms with Crippen LogP contribution in [0.5, 0.6) is 0 Å². The summed E-state index contributed by atoms with van der Waals surface area (Å²) in [5.41, 5.74) is 2.27. The molecule has 1 N–H and O–H groups in total. The Labute approximate surface area is 176 Å². The molecule has 0 radical (unpaired) electrons. The first kappa shape index (κ1) is 20.1. The van der Waals surface area contributed by atoms with Gasteiger partial charge in [0.1, 0.15) is 6.04 Å². The van der Waals surface area contributed by atoms with Crippen molar-refractivity contribution in [1.29, 1.82) is 0 Å². The van der Waals surface area contributed by atoms with Gasteiger partial charge in [-0.25, -0.2) is 0 Å². The molecule has 1 atom stereocenters. The standard InChI is InChI=1S/C23H28N2O3S/c1-3-21(26)24-16(2)22(27)25-12-10-23(11-13-25)18-15-20(17-7-5-4-6-8-17)29-19(18)9-14-28-23/h4-8,15-16H,3,9-14H2,1-2H3,(H,24,26). The van der Waals surface area contributed by atoms with Crippen LogP contribution < -0.4 is 5.32 Å². The molecule has 2 aromatic rings. The van der Waals surface area contributed by atoms with E-state index in [1.54, 1.807) is 13.8 Å². The fourth-order valence-electron chi connectivity index (χ4n) is 4.34. The second kappa shape index (κ2) is 8.28.